The maximum absolute atomic E-state index is 5.86. The Bertz CT molecular complexity index is 572. The van der Waals surface area contributed by atoms with Crippen LogP contribution in [0.5, 0.6) is 0 Å². The lowest BCUT2D eigenvalue weighted by molar-refractivity contribution is 0.736. The van der Waals surface area contributed by atoms with Gasteiger partial charge >= 0.3 is 0 Å². The normalized spacial score (nSPS) is 12.4. The first kappa shape index (κ1) is 14.6. The lowest BCUT2D eigenvalue weighted by Crippen LogP contribution is -2.20. The van der Waals surface area contributed by atoms with Gasteiger partial charge in [-0.25, -0.2) is 4.98 Å². The van der Waals surface area contributed by atoms with Gasteiger partial charge in [0.2, 0.25) is 0 Å². The van der Waals surface area contributed by atoms with Crippen LogP contribution in [0.15, 0.2) is 30.6 Å². The number of aromatic nitrogens is 2. The highest BCUT2D eigenvalue weighted by Gasteiger charge is 2.09. The van der Waals surface area contributed by atoms with E-state index in [9.17, 15) is 0 Å². The summed E-state index contributed by atoms with van der Waals surface area (Å²) in [6.07, 6.45) is 4.73. The van der Waals surface area contributed by atoms with Crippen LogP contribution < -0.4 is 10.6 Å². The summed E-state index contributed by atoms with van der Waals surface area (Å²) in [7, 11) is 4.12. The molecule has 0 spiro atoms. The molecule has 0 fully saturated rings. The Labute approximate surface area is 121 Å². The number of hydrogen-bond acceptors (Lipinski definition) is 3. The highest BCUT2D eigenvalue weighted by Crippen LogP contribution is 2.22. The molecule has 1 aromatic heterocycles. The molecule has 20 heavy (non-hydrogen) atoms. The topological polar surface area (TPSA) is 47.1 Å². The van der Waals surface area contributed by atoms with Crippen LogP contribution in [0.25, 0.3) is 0 Å². The standard InChI is InChI=1S/C16H24N4/c1-12-9-14(10-13(2)17)5-6-15(12)20(4)11-16-18-7-8-19(16)3/h5-9,13H,10-11,17H2,1-4H3. The van der Waals surface area contributed by atoms with E-state index in [1.165, 1.54) is 16.8 Å². The number of aryl methyl sites for hydroxylation is 2. The highest BCUT2D eigenvalue weighted by molar-refractivity contribution is 5.54. The minimum absolute atomic E-state index is 0.200. The summed E-state index contributed by atoms with van der Waals surface area (Å²) in [5.41, 5.74) is 9.67. The number of imidazole rings is 1. The summed E-state index contributed by atoms with van der Waals surface area (Å²) in [6, 6.07) is 6.77. The number of benzene rings is 1. The molecule has 0 aliphatic rings. The Morgan fingerprint density at radius 1 is 1.40 bits per heavy atom. The van der Waals surface area contributed by atoms with Gasteiger partial charge in [0.15, 0.2) is 0 Å². The van der Waals surface area contributed by atoms with Crippen molar-refractivity contribution in [3.05, 3.63) is 47.5 Å². The molecule has 0 saturated heterocycles. The molecule has 1 unspecified atom stereocenters. The first-order valence-electron chi connectivity index (χ1n) is 7.00. The molecule has 1 aromatic carbocycles. The van der Waals surface area contributed by atoms with E-state index in [0.717, 1.165) is 18.8 Å². The van der Waals surface area contributed by atoms with E-state index < -0.39 is 0 Å². The zero-order valence-electron chi connectivity index (χ0n) is 12.8. The summed E-state index contributed by atoms with van der Waals surface area (Å²) in [5, 5.41) is 0. The summed E-state index contributed by atoms with van der Waals surface area (Å²) in [4.78, 5) is 6.60. The van der Waals surface area contributed by atoms with Crippen molar-refractivity contribution in [2.75, 3.05) is 11.9 Å². The zero-order valence-corrected chi connectivity index (χ0v) is 12.8. The van der Waals surface area contributed by atoms with Gasteiger partial charge in [-0.15, -0.1) is 0 Å². The van der Waals surface area contributed by atoms with Crippen molar-refractivity contribution >= 4 is 5.69 Å². The molecule has 2 N–H and O–H groups in total. The molecular formula is C16H24N4. The van der Waals surface area contributed by atoms with Gasteiger partial charge in [-0.2, -0.15) is 0 Å². The SMILES string of the molecule is Cc1cc(CC(C)N)ccc1N(C)Cc1nccn1C. The molecule has 0 amide bonds. The molecule has 2 rings (SSSR count). The summed E-state index contributed by atoms with van der Waals surface area (Å²) in [6.45, 7) is 4.99. The van der Waals surface area contributed by atoms with E-state index in [0.29, 0.717) is 0 Å². The van der Waals surface area contributed by atoms with Crippen LogP contribution in [0.4, 0.5) is 5.69 Å². The van der Waals surface area contributed by atoms with Crippen molar-refractivity contribution < 1.29 is 0 Å². The van der Waals surface area contributed by atoms with Crippen LogP contribution >= 0.6 is 0 Å². The van der Waals surface area contributed by atoms with Crippen LogP contribution in [0.3, 0.4) is 0 Å². The Kier molecular flexibility index (Phi) is 4.45. The Morgan fingerprint density at radius 3 is 2.70 bits per heavy atom. The van der Waals surface area contributed by atoms with Crippen LogP contribution in [-0.4, -0.2) is 22.6 Å². The minimum atomic E-state index is 0.200. The lowest BCUT2D eigenvalue weighted by Gasteiger charge is -2.22. The monoisotopic (exact) mass is 272 g/mol. The molecule has 0 bridgehead atoms. The van der Waals surface area contributed by atoms with Gasteiger partial charge in [0, 0.05) is 38.2 Å². The number of nitrogens with zero attached hydrogens (tertiary/aromatic N) is 3. The second-order valence-electron chi connectivity index (χ2n) is 5.61. The molecule has 2 aromatic rings. The number of rotatable bonds is 5. The smallest absolute Gasteiger partial charge is 0.127 e. The van der Waals surface area contributed by atoms with Crippen molar-refractivity contribution in [3.63, 3.8) is 0 Å². The zero-order chi connectivity index (χ0) is 14.7. The van der Waals surface area contributed by atoms with E-state index >= 15 is 0 Å². The molecule has 1 heterocycles. The van der Waals surface area contributed by atoms with E-state index in [2.05, 4.69) is 46.6 Å². The Balaban J connectivity index is 2.14. The highest BCUT2D eigenvalue weighted by atomic mass is 15.2. The third kappa shape index (κ3) is 3.39. The molecular weight excluding hydrogens is 248 g/mol. The van der Waals surface area contributed by atoms with Gasteiger partial charge in [0.25, 0.3) is 0 Å². The molecule has 1 atom stereocenters. The van der Waals surface area contributed by atoms with Crippen molar-refractivity contribution in [2.24, 2.45) is 12.8 Å². The van der Waals surface area contributed by atoms with Crippen LogP contribution in [-0.2, 0) is 20.0 Å². The molecule has 0 radical (unpaired) electrons. The first-order valence-corrected chi connectivity index (χ1v) is 7.00. The molecule has 0 saturated carbocycles. The van der Waals surface area contributed by atoms with Gasteiger partial charge in [0.1, 0.15) is 5.82 Å². The fourth-order valence-electron chi connectivity index (χ4n) is 2.49. The minimum Gasteiger partial charge on any atom is -0.367 e. The molecule has 4 nitrogen and oxygen atoms in total. The van der Waals surface area contributed by atoms with E-state index in [-0.39, 0.29) is 6.04 Å². The predicted molar refractivity (Wildman–Crippen MR) is 83.8 cm³/mol. The van der Waals surface area contributed by atoms with Gasteiger partial charge in [-0.05, 0) is 37.5 Å². The van der Waals surface area contributed by atoms with Crippen molar-refractivity contribution in [3.8, 4) is 0 Å². The molecule has 4 heteroatoms. The first-order chi connectivity index (χ1) is 9.47. The average molecular weight is 272 g/mol. The second kappa shape index (κ2) is 6.09. The average Bonchev–Trinajstić information content (AvgIpc) is 2.74. The predicted octanol–water partition coefficient (Wildman–Crippen LogP) is 2.25. The largest absolute Gasteiger partial charge is 0.367 e. The Hall–Kier alpha value is -1.81. The van der Waals surface area contributed by atoms with Crippen molar-refractivity contribution in [2.45, 2.75) is 32.9 Å². The van der Waals surface area contributed by atoms with Crippen molar-refractivity contribution in [1.29, 1.82) is 0 Å². The van der Waals surface area contributed by atoms with Crippen LogP contribution in [0.1, 0.15) is 23.9 Å². The van der Waals surface area contributed by atoms with E-state index in [1.54, 1.807) is 0 Å². The fourth-order valence-corrected chi connectivity index (χ4v) is 2.49. The van der Waals surface area contributed by atoms with Crippen LogP contribution in [0, 0.1) is 6.92 Å². The molecule has 0 aliphatic heterocycles. The van der Waals surface area contributed by atoms with E-state index in [1.807, 2.05) is 26.4 Å². The number of anilines is 1. The maximum Gasteiger partial charge on any atom is 0.127 e. The third-order valence-corrected chi connectivity index (χ3v) is 3.53. The number of hydrogen-bond donors (Lipinski definition) is 1. The van der Waals surface area contributed by atoms with Gasteiger partial charge in [-0.3, -0.25) is 0 Å². The Morgan fingerprint density at radius 2 is 2.15 bits per heavy atom. The van der Waals surface area contributed by atoms with Crippen LogP contribution in [0.2, 0.25) is 0 Å². The van der Waals surface area contributed by atoms with Crippen molar-refractivity contribution in [1.82, 2.24) is 9.55 Å². The summed E-state index contributed by atoms with van der Waals surface area (Å²) >= 11 is 0. The van der Waals surface area contributed by atoms with Gasteiger partial charge < -0.3 is 15.2 Å². The molecule has 0 aliphatic carbocycles. The van der Waals surface area contributed by atoms with Gasteiger partial charge in [-0.1, -0.05) is 12.1 Å². The van der Waals surface area contributed by atoms with E-state index in [4.69, 9.17) is 5.73 Å². The lowest BCUT2D eigenvalue weighted by atomic mass is 10.0. The maximum atomic E-state index is 5.86. The summed E-state index contributed by atoms with van der Waals surface area (Å²) in [5.74, 6) is 1.06. The second-order valence-corrected chi connectivity index (χ2v) is 5.61. The molecule has 108 valence electrons. The fraction of sp³-hybridized carbons (Fsp3) is 0.438. The quantitative estimate of drug-likeness (QED) is 0.908. The van der Waals surface area contributed by atoms with Gasteiger partial charge in [0.05, 0.1) is 6.54 Å². The third-order valence-electron chi connectivity index (χ3n) is 3.53. The summed E-state index contributed by atoms with van der Waals surface area (Å²) < 4.78 is 2.05. The number of nitrogens with two attached hydrogens (primary N) is 1.